The second-order valence-electron chi connectivity index (χ2n) is 6.75. The lowest BCUT2D eigenvalue weighted by Gasteiger charge is -2.14. The normalized spacial score (nSPS) is 10.9. The van der Waals surface area contributed by atoms with Crippen LogP contribution in [-0.4, -0.2) is 52.6 Å². The van der Waals surface area contributed by atoms with Crippen LogP contribution in [0, 0.1) is 0 Å². The first kappa shape index (κ1) is 21.9. The van der Waals surface area contributed by atoms with Crippen LogP contribution < -0.4 is 25.5 Å². The van der Waals surface area contributed by atoms with E-state index in [-0.39, 0.29) is 30.7 Å². The number of carbonyl (C=O) groups is 1. The molecule has 0 amide bonds. The molecule has 11 nitrogen and oxygen atoms in total. The van der Waals surface area contributed by atoms with Gasteiger partial charge in [-0.2, -0.15) is 0 Å². The van der Waals surface area contributed by atoms with Crippen LogP contribution >= 0.6 is 0 Å². The van der Waals surface area contributed by atoms with Gasteiger partial charge < -0.3 is 23.5 Å². The Hall–Kier alpha value is -3.76. The molecule has 0 saturated carbocycles. The summed E-state index contributed by atoms with van der Waals surface area (Å²) in [6.45, 7) is 0.242. The van der Waals surface area contributed by atoms with Crippen molar-refractivity contribution in [3.63, 3.8) is 0 Å². The third-order valence-corrected chi connectivity index (χ3v) is 4.89. The van der Waals surface area contributed by atoms with Crippen LogP contribution in [0.1, 0.15) is 5.56 Å². The van der Waals surface area contributed by atoms with Crippen molar-refractivity contribution in [2.45, 2.75) is 13.0 Å². The van der Waals surface area contributed by atoms with E-state index >= 15 is 0 Å². The van der Waals surface area contributed by atoms with Gasteiger partial charge in [0.2, 0.25) is 5.75 Å². The highest BCUT2D eigenvalue weighted by molar-refractivity contribution is 5.73. The first-order chi connectivity index (χ1) is 14.8. The quantitative estimate of drug-likeness (QED) is 0.465. The van der Waals surface area contributed by atoms with E-state index in [0.717, 1.165) is 4.57 Å². The van der Waals surface area contributed by atoms with Crippen LogP contribution in [-0.2, 0) is 36.6 Å². The Labute approximate surface area is 177 Å². The summed E-state index contributed by atoms with van der Waals surface area (Å²) in [5.74, 6) is 0.857. The molecule has 0 unspecified atom stereocenters. The number of hydrogen-bond acceptors (Lipinski definition) is 8. The second kappa shape index (κ2) is 8.94. The van der Waals surface area contributed by atoms with Crippen molar-refractivity contribution in [2.24, 2.45) is 14.1 Å². The number of esters is 1. The van der Waals surface area contributed by atoms with Crippen molar-refractivity contribution in [3.05, 3.63) is 44.9 Å². The first-order valence-corrected chi connectivity index (χ1v) is 9.37. The molecule has 0 aliphatic rings. The molecule has 3 rings (SSSR count). The molecular weight excluding hydrogens is 408 g/mol. The number of ether oxygens (including phenoxy) is 4. The standard InChI is InChI=1S/C20H24N4O7/c1-22-18-16(19(26)23(2)20(22)27)24(11-21-18)6-7-31-15(25)10-12-8-13(28-3)17(30-5)14(9-12)29-4/h8-9,11H,6-7,10H2,1-5H3. The molecule has 31 heavy (non-hydrogen) atoms. The van der Waals surface area contributed by atoms with Gasteiger partial charge in [0, 0.05) is 14.1 Å². The third-order valence-electron chi connectivity index (χ3n) is 4.89. The minimum Gasteiger partial charge on any atom is -0.493 e. The molecule has 2 heterocycles. The summed E-state index contributed by atoms with van der Waals surface area (Å²) in [5.41, 5.74) is 0.262. The summed E-state index contributed by atoms with van der Waals surface area (Å²) in [5, 5.41) is 0. The number of methoxy groups -OCH3 is 3. The highest BCUT2D eigenvalue weighted by atomic mass is 16.5. The molecule has 166 valence electrons. The predicted molar refractivity (Wildman–Crippen MR) is 111 cm³/mol. The average molecular weight is 432 g/mol. The summed E-state index contributed by atoms with van der Waals surface area (Å²) in [7, 11) is 7.43. The van der Waals surface area contributed by atoms with E-state index in [1.165, 1.54) is 39.3 Å². The van der Waals surface area contributed by atoms with Gasteiger partial charge in [0.1, 0.15) is 6.61 Å². The lowest BCUT2D eigenvalue weighted by Crippen LogP contribution is -2.37. The van der Waals surface area contributed by atoms with Gasteiger partial charge in [-0.15, -0.1) is 0 Å². The monoisotopic (exact) mass is 432 g/mol. The molecule has 11 heteroatoms. The molecule has 1 aromatic carbocycles. The van der Waals surface area contributed by atoms with Gasteiger partial charge in [-0.3, -0.25) is 18.7 Å². The van der Waals surface area contributed by atoms with Crippen molar-refractivity contribution in [3.8, 4) is 17.2 Å². The largest absolute Gasteiger partial charge is 0.493 e. The molecule has 0 saturated heterocycles. The molecule has 0 radical (unpaired) electrons. The van der Waals surface area contributed by atoms with E-state index in [1.54, 1.807) is 23.7 Å². The number of benzene rings is 1. The molecule has 2 aromatic heterocycles. The Morgan fingerprint density at radius 2 is 1.65 bits per heavy atom. The van der Waals surface area contributed by atoms with Gasteiger partial charge in [0.25, 0.3) is 5.56 Å². The topological polar surface area (TPSA) is 116 Å². The Morgan fingerprint density at radius 1 is 1.00 bits per heavy atom. The lowest BCUT2D eigenvalue weighted by molar-refractivity contribution is -0.143. The fourth-order valence-electron chi connectivity index (χ4n) is 3.28. The number of hydrogen-bond donors (Lipinski definition) is 0. The van der Waals surface area contributed by atoms with Crippen LogP contribution in [0.4, 0.5) is 0 Å². The Bertz CT molecular complexity index is 1210. The van der Waals surface area contributed by atoms with E-state index < -0.39 is 17.2 Å². The van der Waals surface area contributed by atoms with Gasteiger partial charge in [-0.25, -0.2) is 9.78 Å². The molecule has 0 fully saturated rings. The van der Waals surface area contributed by atoms with E-state index in [0.29, 0.717) is 22.8 Å². The Kier molecular flexibility index (Phi) is 6.33. The van der Waals surface area contributed by atoms with Gasteiger partial charge in [-0.05, 0) is 17.7 Å². The number of carbonyl (C=O) groups excluding carboxylic acids is 1. The number of nitrogens with zero attached hydrogens (tertiary/aromatic N) is 4. The third kappa shape index (κ3) is 4.11. The highest BCUT2D eigenvalue weighted by Crippen LogP contribution is 2.38. The molecule has 0 N–H and O–H groups in total. The molecule has 0 bridgehead atoms. The number of aromatic nitrogens is 4. The van der Waals surface area contributed by atoms with Gasteiger partial charge in [-0.1, -0.05) is 0 Å². The van der Waals surface area contributed by atoms with Crippen LogP contribution in [0.25, 0.3) is 11.2 Å². The van der Waals surface area contributed by atoms with Crippen LogP contribution in [0.15, 0.2) is 28.0 Å². The smallest absolute Gasteiger partial charge is 0.332 e. The molecule has 0 atom stereocenters. The molecule has 3 aromatic rings. The van der Waals surface area contributed by atoms with Crippen LogP contribution in [0.3, 0.4) is 0 Å². The minimum atomic E-state index is -0.459. The van der Waals surface area contributed by atoms with E-state index in [1.807, 2.05) is 0 Å². The summed E-state index contributed by atoms with van der Waals surface area (Å²) in [6.07, 6.45) is 1.44. The summed E-state index contributed by atoms with van der Waals surface area (Å²) >= 11 is 0. The maximum absolute atomic E-state index is 12.4. The lowest BCUT2D eigenvalue weighted by atomic mass is 10.1. The van der Waals surface area contributed by atoms with E-state index in [4.69, 9.17) is 18.9 Å². The average Bonchev–Trinajstić information content (AvgIpc) is 3.19. The zero-order valence-corrected chi connectivity index (χ0v) is 18.0. The van der Waals surface area contributed by atoms with Crippen LogP contribution in [0.2, 0.25) is 0 Å². The predicted octanol–water partition coefficient (Wildman–Crippen LogP) is 0.245. The molecule has 0 aliphatic heterocycles. The summed E-state index contributed by atoms with van der Waals surface area (Å²) in [4.78, 5) is 40.9. The van der Waals surface area contributed by atoms with Crippen LogP contribution in [0.5, 0.6) is 17.2 Å². The minimum absolute atomic E-state index is 0.00232. The Balaban J connectivity index is 1.70. The van der Waals surface area contributed by atoms with Gasteiger partial charge in [0.15, 0.2) is 22.7 Å². The van der Waals surface area contributed by atoms with Crippen molar-refractivity contribution in [1.29, 1.82) is 0 Å². The van der Waals surface area contributed by atoms with E-state index in [9.17, 15) is 14.4 Å². The van der Waals surface area contributed by atoms with Gasteiger partial charge >= 0.3 is 11.7 Å². The first-order valence-electron chi connectivity index (χ1n) is 9.37. The van der Waals surface area contributed by atoms with Gasteiger partial charge in [0.05, 0.1) is 40.6 Å². The zero-order chi connectivity index (χ0) is 22.7. The number of rotatable bonds is 8. The zero-order valence-electron chi connectivity index (χ0n) is 18.0. The van der Waals surface area contributed by atoms with Crippen molar-refractivity contribution in [1.82, 2.24) is 18.7 Å². The number of imidazole rings is 1. The summed E-state index contributed by atoms with van der Waals surface area (Å²) in [6, 6.07) is 3.35. The van der Waals surface area contributed by atoms with Crippen molar-refractivity contribution >= 4 is 17.1 Å². The fraction of sp³-hybridized carbons (Fsp3) is 0.400. The molecule has 0 aliphatic carbocycles. The SMILES string of the molecule is COc1cc(CC(=O)OCCn2cnc3c2c(=O)n(C)c(=O)n3C)cc(OC)c1OC. The molecular formula is C20H24N4O7. The van der Waals surface area contributed by atoms with Crippen molar-refractivity contribution < 1.29 is 23.7 Å². The van der Waals surface area contributed by atoms with E-state index in [2.05, 4.69) is 4.98 Å². The fourth-order valence-corrected chi connectivity index (χ4v) is 3.28. The maximum Gasteiger partial charge on any atom is 0.332 e. The summed E-state index contributed by atoms with van der Waals surface area (Å²) < 4.78 is 25.0. The number of aryl methyl sites for hydroxylation is 1. The maximum atomic E-state index is 12.4. The number of fused-ring (bicyclic) bond motifs is 1. The molecule has 0 spiro atoms. The highest BCUT2D eigenvalue weighted by Gasteiger charge is 2.17. The van der Waals surface area contributed by atoms with Crippen molar-refractivity contribution in [2.75, 3.05) is 27.9 Å². The second-order valence-corrected chi connectivity index (χ2v) is 6.75. The Morgan fingerprint density at radius 3 is 2.23 bits per heavy atom.